The minimum atomic E-state index is -4.86. The Hall–Kier alpha value is -1.78. The third kappa shape index (κ3) is 3.12. The Morgan fingerprint density at radius 2 is 2.00 bits per heavy atom. The van der Waals surface area contributed by atoms with Crippen LogP contribution < -0.4 is 4.74 Å². The van der Waals surface area contributed by atoms with E-state index >= 15 is 0 Å². The van der Waals surface area contributed by atoms with Crippen molar-refractivity contribution in [3.8, 4) is 5.75 Å². The Morgan fingerprint density at radius 1 is 1.38 bits per heavy atom. The lowest BCUT2D eigenvalue weighted by Gasteiger charge is -2.09. The van der Waals surface area contributed by atoms with Gasteiger partial charge in [-0.2, -0.15) is 13.2 Å². The zero-order valence-corrected chi connectivity index (χ0v) is 8.25. The standard InChI is InChI=1S/C11H9F3O2/c1-2-8-5-3-4-6-9(8)16-7-10(15)11(12,13)14/h2-6H,1,7H2. The molecule has 0 aromatic heterocycles. The number of Topliss-reactive ketones (excluding diaryl/α,β-unsaturated/α-hetero) is 1. The van der Waals surface area contributed by atoms with Crippen molar-refractivity contribution in [1.29, 1.82) is 0 Å². The topological polar surface area (TPSA) is 26.3 Å². The van der Waals surface area contributed by atoms with E-state index in [2.05, 4.69) is 6.58 Å². The third-order valence-electron chi connectivity index (χ3n) is 1.81. The van der Waals surface area contributed by atoms with E-state index in [0.29, 0.717) is 5.56 Å². The predicted octanol–water partition coefficient (Wildman–Crippen LogP) is 2.84. The van der Waals surface area contributed by atoms with Gasteiger partial charge in [0.05, 0.1) is 0 Å². The first-order chi connectivity index (χ1) is 7.45. The molecule has 0 saturated carbocycles. The van der Waals surface area contributed by atoms with Crippen molar-refractivity contribution in [3.63, 3.8) is 0 Å². The first kappa shape index (κ1) is 12.3. The lowest BCUT2D eigenvalue weighted by atomic mass is 10.2. The number of halogens is 3. The Balaban J connectivity index is 2.68. The number of carbonyl (C=O) groups excluding carboxylic acids is 1. The summed E-state index contributed by atoms with van der Waals surface area (Å²) in [5, 5.41) is 0. The summed E-state index contributed by atoms with van der Waals surface area (Å²) in [6.07, 6.45) is -3.42. The molecule has 2 nitrogen and oxygen atoms in total. The largest absolute Gasteiger partial charge is 0.485 e. The molecule has 86 valence electrons. The van der Waals surface area contributed by atoms with E-state index in [0.717, 1.165) is 0 Å². The molecule has 0 heterocycles. The van der Waals surface area contributed by atoms with Gasteiger partial charge >= 0.3 is 6.18 Å². The Labute approximate surface area is 90.3 Å². The SMILES string of the molecule is C=Cc1ccccc1OCC(=O)C(F)(F)F. The smallest absolute Gasteiger partial charge is 0.453 e. The predicted molar refractivity (Wildman–Crippen MR) is 53.1 cm³/mol. The Kier molecular flexibility index (Phi) is 3.71. The Bertz CT molecular complexity index is 396. The van der Waals surface area contributed by atoms with Crippen LogP contribution in [-0.4, -0.2) is 18.6 Å². The maximum Gasteiger partial charge on any atom is 0.453 e. The number of para-hydroxylation sites is 1. The number of hydrogen-bond acceptors (Lipinski definition) is 2. The highest BCUT2D eigenvalue weighted by Crippen LogP contribution is 2.21. The van der Waals surface area contributed by atoms with E-state index in [1.54, 1.807) is 18.2 Å². The first-order valence-electron chi connectivity index (χ1n) is 4.39. The average molecular weight is 230 g/mol. The molecule has 0 saturated heterocycles. The maximum absolute atomic E-state index is 11.9. The van der Waals surface area contributed by atoms with Gasteiger partial charge in [-0.05, 0) is 6.07 Å². The second-order valence-electron chi connectivity index (χ2n) is 2.95. The molecular weight excluding hydrogens is 221 g/mol. The molecule has 0 spiro atoms. The minimum Gasteiger partial charge on any atom is -0.485 e. The van der Waals surface area contributed by atoms with Crippen LogP contribution in [0.15, 0.2) is 30.8 Å². The lowest BCUT2D eigenvalue weighted by molar-refractivity contribution is -0.173. The molecule has 0 aliphatic rings. The van der Waals surface area contributed by atoms with E-state index in [9.17, 15) is 18.0 Å². The molecule has 16 heavy (non-hydrogen) atoms. The fourth-order valence-corrected chi connectivity index (χ4v) is 1.01. The van der Waals surface area contributed by atoms with Crippen LogP contribution in [0.2, 0.25) is 0 Å². The molecule has 1 aromatic rings. The lowest BCUT2D eigenvalue weighted by Crippen LogP contribution is -2.28. The van der Waals surface area contributed by atoms with E-state index in [1.807, 2.05) is 0 Å². The molecule has 0 amide bonds. The minimum absolute atomic E-state index is 0.204. The molecule has 5 heteroatoms. The van der Waals surface area contributed by atoms with Crippen LogP contribution in [0.3, 0.4) is 0 Å². The van der Waals surface area contributed by atoms with Crippen molar-refractivity contribution in [3.05, 3.63) is 36.4 Å². The monoisotopic (exact) mass is 230 g/mol. The second kappa shape index (κ2) is 4.83. The number of hydrogen-bond donors (Lipinski definition) is 0. The molecule has 0 N–H and O–H groups in total. The third-order valence-corrected chi connectivity index (χ3v) is 1.81. The number of rotatable bonds is 4. The quantitative estimate of drug-likeness (QED) is 0.795. The Morgan fingerprint density at radius 3 is 2.56 bits per heavy atom. The van der Waals surface area contributed by atoms with Crippen molar-refractivity contribution in [1.82, 2.24) is 0 Å². The van der Waals surface area contributed by atoms with Gasteiger partial charge in [-0.3, -0.25) is 4.79 Å². The summed E-state index contributed by atoms with van der Waals surface area (Å²) < 4.78 is 40.4. The van der Waals surface area contributed by atoms with Crippen LogP contribution in [0, 0.1) is 0 Å². The molecule has 1 rings (SSSR count). The number of carbonyl (C=O) groups is 1. The van der Waals surface area contributed by atoms with E-state index in [-0.39, 0.29) is 5.75 Å². The molecule has 0 fully saturated rings. The molecule has 0 unspecified atom stereocenters. The van der Waals surface area contributed by atoms with Crippen LogP contribution in [0.1, 0.15) is 5.56 Å². The van der Waals surface area contributed by atoms with Crippen LogP contribution in [0.25, 0.3) is 6.08 Å². The van der Waals surface area contributed by atoms with Crippen molar-refractivity contribution in [2.24, 2.45) is 0 Å². The summed E-state index contributed by atoms with van der Waals surface area (Å²) in [6.45, 7) is 2.46. The number of ketones is 1. The van der Waals surface area contributed by atoms with E-state index < -0.39 is 18.6 Å². The second-order valence-corrected chi connectivity index (χ2v) is 2.95. The van der Waals surface area contributed by atoms with Gasteiger partial charge in [0.15, 0.2) is 6.61 Å². The highest BCUT2D eigenvalue weighted by atomic mass is 19.4. The van der Waals surface area contributed by atoms with Crippen LogP contribution in [-0.2, 0) is 4.79 Å². The van der Waals surface area contributed by atoms with Gasteiger partial charge in [0.25, 0.3) is 5.78 Å². The van der Waals surface area contributed by atoms with Crippen molar-refractivity contribution >= 4 is 11.9 Å². The summed E-state index contributed by atoms with van der Waals surface area (Å²) in [7, 11) is 0. The fourth-order valence-electron chi connectivity index (χ4n) is 1.01. The van der Waals surface area contributed by atoms with E-state index in [1.165, 1.54) is 12.1 Å². The van der Waals surface area contributed by atoms with Crippen molar-refractivity contribution in [2.45, 2.75) is 6.18 Å². The van der Waals surface area contributed by atoms with Gasteiger partial charge in [0, 0.05) is 5.56 Å². The van der Waals surface area contributed by atoms with Crippen LogP contribution >= 0.6 is 0 Å². The van der Waals surface area contributed by atoms with Gasteiger partial charge in [-0.1, -0.05) is 30.9 Å². The molecule has 0 aliphatic carbocycles. The zero-order chi connectivity index (χ0) is 12.2. The van der Waals surface area contributed by atoms with Crippen LogP contribution in [0.5, 0.6) is 5.75 Å². The molecule has 1 aromatic carbocycles. The first-order valence-corrected chi connectivity index (χ1v) is 4.39. The number of alkyl halides is 3. The zero-order valence-electron chi connectivity index (χ0n) is 8.25. The van der Waals surface area contributed by atoms with E-state index in [4.69, 9.17) is 4.74 Å². The van der Waals surface area contributed by atoms with Crippen LogP contribution in [0.4, 0.5) is 13.2 Å². The summed E-state index contributed by atoms with van der Waals surface area (Å²) in [5.41, 5.74) is 0.539. The molecule has 0 bridgehead atoms. The van der Waals surface area contributed by atoms with Gasteiger partial charge in [0.1, 0.15) is 5.75 Å². The van der Waals surface area contributed by atoms with Gasteiger partial charge < -0.3 is 4.74 Å². The van der Waals surface area contributed by atoms with Crippen molar-refractivity contribution in [2.75, 3.05) is 6.61 Å². The number of benzene rings is 1. The maximum atomic E-state index is 11.9. The highest BCUT2D eigenvalue weighted by Gasteiger charge is 2.38. The molecular formula is C11H9F3O2. The summed E-state index contributed by atoms with van der Waals surface area (Å²) in [4.78, 5) is 10.6. The highest BCUT2D eigenvalue weighted by molar-refractivity contribution is 5.85. The van der Waals surface area contributed by atoms with Gasteiger partial charge in [0.2, 0.25) is 0 Å². The van der Waals surface area contributed by atoms with Gasteiger partial charge in [-0.25, -0.2) is 0 Å². The normalized spacial score (nSPS) is 10.9. The molecule has 0 aliphatic heterocycles. The summed E-state index contributed by atoms with van der Waals surface area (Å²) >= 11 is 0. The molecule has 0 atom stereocenters. The summed E-state index contributed by atoms with van der Waals surface area (Å²) in [6, 6.07) is 6.39. The summed E-state index contributed by atoms with van der Waals surface area (Å²) in [5.74, 6) is -1.71. The average Bonchev–Trinajstić information content (AvgIpc) is 2.24. The van der Waals surface area contributed by atoms with Crippen molar-refractivity contribution < 1.29 is 22.7 Å². The fraction of sp³-hybridized carbons (Fsp3) is 0.182. The molecule has 0 radical (unpaired) electrons. The number of ether oxygens (including phenoxy) is 1. The van der Waals surface area contributed by atoms with Gasteiger partial charge in [-0.15, -0.1) is 0 Å².